The summed E-state index contributed by atoms with van der Waals surface area (Å²) in [6.45, 7) is 8.02. The standard InChI is InChI=1S/C21H22/c1-3-21(20-10-9-16(2)15-20)19-13-11-18(12-14-19)17-7-5-4-6-8-17/h4-5,7,11-14,20H,1-2,6,8-10,15H2. The summed E-state index contributed by atoms with van der Waals surface area (Å²) in [6.07, 6.45) is 12.3. The fourth-order valence-electron chi connectivity index (χ4n) is 3.37. The Kier molecular flexibility index (Phi) is 4.08. The third-order valence-electron chi connectivity index (χ3n) is 4.56. The van der Waals surface area contributed by atoms with E-state index in [0.717, 1.165) is 25.7 Å². The molecule has 1 aromatic rings. The normalized spacial score (nSPS) is 21.0. The first-order valence-corrected chi connectivity index (χ1v) is 7.81. The van der Waals surface area contributed by atoms with Gasteiger partial charge in [0.2, 0.25) is 0 Å². The van der Waals surface area contributed by atoms with E-state index in [4.69, 9.17) is 0 Å². The third-order valence-corrected chi connectivity index (χ3v) is 4.56. The molecule has 0 aromatic heterocycles. The molecule has 1 atom stereocenters. The second kappa shape index (κ2) is 6.16. The Bertz CT molecular complexity index is 646. The van der Waals surface area contributed by atoms with Gasteiger partial charge in [-0.25, -0.2) is 0 Å². The Morgan fingerprint density at radius 3 is 2.52 bits per heavy atom. The second-order valence-corrected chi connectivity index (χ2v) is 6.02. The van der Waals surface area contributed by atoms with E-state index in [1.165, 1.54) is 34.3 Å². The van der Waals surface area contributed by atoms with Crippen LogP contribution in [0.5, 0.6) is 0 Å². The van der Waals surface area contributed by atoms with E-state index in [0.29, 0.717) is 5.92 Å². The van der Waals surface area contributed by atoms with E-state index >= 15 is 0 Å². The van der Waals surface area contributed by atoms with Crippen molar-refractivity contribution < 1.29 is 0 Å². The predicted octanol–water partition coefficient (Wildman–Crippen LogP) is 5.94. The molecule has 2 aliphatic carbocycles. The molecule has 2 aliphatic rings. The van der Waals surface area contributed by atoms with Gasteiger partial charge in [0.05, 0.1) is 0 Å². The molecular formula is C21H22. The van der Waals surface area contributed by atoms with Gasteiger partial charge in [0.25, 0.3) is 0 Å². The largest absolute Gasteiger partial charge is 0.124 e. The van der Waals surface area contributed by atoms with Gasteiger partial charge in [0, 0.05) is 5.57 Å². The molecule has 21 heavy (non-hydrogen) atoms. The summed E-state index contributed by atoms with van der Waals surface area (Å²) < 4.78 is 0. The van der Waals surface area contributed by atoms with Gasteiger partial charge in [0.15, 0.2) is 0 Å². The quantitative estimate of drug-likeness (QED) is 0.472. The van der Waals surface area contributed by atoms with Crippen LogP contribution in [0, 0.1) is 5.92 Å². The maximum absolute atomic E-state index is 4.11. The first-order chi connectivity index (χ1) is 10.3. The molecule has 3 rings (SSSR count). The molecule has 0 bridgehead atoms. The van der Waals surface area contributed by atoms with Crippen LogP contribution in [0.25, 0.3) is 11.1 Å². The summed E-state index contributed by atoms with van der Waals surface area (Å²) in [6, 6.07) is 8.93. The van der Waals surface area contributed by atoms with Crippen molar-refractivity contribution in [3.63, 3.8) is 0 Å². The number of allylic oxidation sites excluding steroid dienone is 6. The number of rotatable bonds is 3. The van der Waals surface area contributed by atoms with Crippen molar-refractivity contribution in [2.75, 3.05) is 0 Å². The van der Waals surface area contributed by atoms with Gasteiger partial charge in [0.1, 0.15) is 0 Å². The summed E-state index contributed by atoms with van der Waals surface area (Å²) >= 11 is 0. The smallest absolute Gasteiger partial charge is 0.00401 e. The summed E-state index contributed by atoms with van der Waals surface area (Å²) in [5, 5.41) is 0. The van der Waals surface area contributed by atoms with Crippen molar-refractivity contribution in [2.24, 2.45) is 5.92 Å². The number of hydrogen-bond donors (Lipinski definition) is 0. The molecule has 1 saturated carbocycles. The monoisotopic (exact) mass is 274 g/mol. The van der Waals surface area contributed by atoms with Gasteiger partial charge in [-0.2, -0.15) is 0 Å². The van der Waals surface area contributed by atoms with Crippen molar-refractivity contribution >= 4 is 11.1 Å². The van der Waals surface area contributed by atoms with Crippen LogP contribution in [-0.2, 0) is 0 Å². The SMILES string of the molecule is C=C=C(c1ccc(C2=CC=CCC2)cc1)C1CCC(=C)C1. The van der Waals surface area contributed by atoms with Crippen molar-refractivity contribution in [3.8, 4) is 0 Å². The molecule has 0 N–H and O–H groups in total. The number of hydrogen-bond acceptors (Lipinski definition) is 0. The van der Waals surface area contributed by atoms with E-state index < -0.39 is 0 Å². The predicted molar refractivity (Wildman–Crippen MR) is 91.8 cm³/mol. The van der Waals surface area contributed by atoms with Gasteiger partial charge < -0.3 is 0 Å². The van der Waals surface area contributed by atoms with E-state index in [2.05, 4.69) is 61.4 Å². The van der Waals surface area contributed by atoms with E-state index in [1.54, 1.807) is 0 Å². The molecule has 0 nitrogen and oxygen atoms in total. The third kappa shape index (κ3) is 3.01. The minimum Gasteiger partial charge on any atom is -0.124 e. The first-order valence-electron chi connectivity index (χ1n) is 7.81. The van der Waals surface area contributed by atoms with Crippen LogP contribution in [-0.4, -0.2) is 0 Å². The van der Waals surface area contributed by atoms with Gasteiger partial charge in [-0.05, 0) is 54.7 Å². The Balaban J connectivity index is 1.83. The van der Waals surface area contributed by atoms with E-state index in [-0.39, 0.29) is 0 Å². The lowest BCUT2D eigenvalue weighted by Gasteiger charge is -2.14. The summed E-state index contributed by atoms with van der Waals surface area (Å²) in [7, 11) is 0. The van der Waals surface area contributed by atoms with Crippen LogP contribution >= 0.6 is 0 Å². The molecule has 0 aliphatic heterocycles. The molecule has 0 radical (unpaired) electrons. The van der Waals surface area contributed by atoms with Crippen LogP contribution in [0.1, 0.15) is 43.2 Å². The highest BCUT2D eigenvalue weighted by Gasteiger charge is 2.22. The minimum atomic E-state index is 0.553. The molecule has 0 heteroatoms. The molecule has 106 valence electrons. The van der Waals surface area contributed by atoms with Crippen LogP contribution in [0.4, 0.5) is 0 Å². The minimum absolute atomic E-state index is 0.553. The maximum Gasteiger partial charge on any atom is 0.00401 e. The molecule has 0 saturated heterocycles. The fraction of sp³-hybridized carbons (Fsp3) is 0.286. The average molecular weight is 274 g/mol. The molecule has 0 heterocycles. The fourth-order valence-corrected chi connectivity index (χ4v) is 3.37. The number of benzene rings is 1. The highest BCUT2D eigenvalue weighted by molar-refractivity contribution is 5.72. The summed E-state index contributed by atoms with van der Waals surface area (Å²) in [4.78, 5) is 0. The van der Waals surface area contributed by atoms with Crippen molar-refractivity contribution in [1.29, 1.82) is 0 Å². The lowest BCUT2D eigenvalue weighted by molar-refractivity contribution is 0.715. The van der Waals surface area contributed by atoms with Crippen LogP contribution < -0.4 is 0 Å². The van der Waals surface area contributed by atoms with E-state index in [9.17, 15) is 0 Å². The zero-order valence-corrected chi connectivity index (χ0v) is 12.6. The van der Waals surface area contributed by atoms with E-state index in [1.807, 2.05) is 0 Å². The molecule has 1 aromatic carbocycles. The van der Waals surface area contributed by atoms with Crippen LogP contribution in [0.3, 0.4) is 0 Å². The Morgan fingerprint density at radius 2 is 1.95 bits per heavy atom. The topological polar surface area (TPSA) is 0 Å². The summed E-state index contributed by atoms with van der Waals surface area (Å²) in [5.41, 5.74) is 9.84. The zero-order valence-electron chi connectivity index (χ0n) is 12.6. The summed E-state index contributed by atoms with van der Waals surface area (Å²) in [5.74, 6) is 0.553. The zero-order chi connectivity index (χ0) is 14.7. The van der Waals surface area contributed by atoms with Crippen LogP contribution in [0.15, 0.2) is 67.0 Å². The van der Waals surface area contributed by atoms with Crippen molar-refractivity contribution in [1.82, 2.24) is 0 Å². The molecule has 1 fully saturated rings. The maximum atomic E-state index is 4.11. The Morgan fingerprint density at radius 1 is 1.14 bits per heavy atom. The first kappa shape index (κ1) is 13.9. The lowest BCUT2D eigenvalue weighted by Crippen LogP contribution is -1.98. The van der Waals surface area contributed by atoms with Crippen molar-refractivity contribution in [2.45, 2.75) is 32.1 Å². The Hall–Kier alpha value is -2.04. The van der Waals surface area contributed by atoms with Crippen LogP contribution in [0.2, 0.25) is 0 Å². The average Bonchev–Trinajstić information content (AvgIpc) is 2.96. The molecule has 0 spiro atoms. The van der Waals surface area contributed by atoms with Gasteiger partial charge >= 0.3 is 0 Å². The van der Waals surface area contributed by atoms with Gasteiger partial charge in [-0.3, -0.25) is 0 Å². The van der Waals surface area contributed by atoms with Crippen molar-refractivity contribution in [3.05, 3.63) is 78.1 Å². The van der Waals surface area contributed by atoms with Gasteiger partial charge in [-0.1, -0.05) is 61.2 Å². The highest BCUT2D eigenvalue weighted by atomic mass is 14.3. The molecular weight excluding hydrogens is 252 g/mol. The second-order valence-electron chi connectivity index (χ2n) is 6.02. The molecule has 0 amide bonds. The Labute approximate surface area is 127 Å². The van der Waals surface area contributed by atoms with Gasteiger partial charge in [-0.15, -0.1) is 5.73 Å². The lowest BCUT2D eigenvalue weighted by atomic mass is 9.90. The molecule has 1 unspecified atom stereocenters. The highest BCUT2D eigenvalue weighted by Crippen LogP contribution is 2.38.